The predicted molar refractivity (Wildman–Crippen MR) is 97.9 cm³/mol. The number of benzene rings is 2. The molecular formula is C19H14ClN3O. The summed E-state index contributed by atoms with van der Waals surface area (Å²) in [7, 11) is 0. The standard InChI is InChI=1S/C19H14ClN3O/c1-12(22-16-6-7-17-14(10-16)8-9-21-17)18-11-19(24-23-18)13-2-4-15(20)5-3-13/h2-11,21-22H,1H2. The molecule has 0 radical (unpaired) electrons. The van der Waals surface area contributed by atoms with Gasteiger partial charge in [0.25, 0.3) is 0 Å². The molecule has 0 bridgehead atoms. The molecule has 0 unspecified atom stereocenters. The Bertz CT molecular complexity index is 1010. The second-order valence-electron chi connectivity index (χ2n) is 5.47. The minimum Gasteiger partial charge on any atom is -0.361 e. The van der Waals surface area contributed by atoms with Gasteiger partial charge in [0.05, 0.1) is 5.70 Å². The lowest BCUT2D eigenvalue weighted by Gasteiger charge is -2.06. The monoisotopic (exact) mass is 335 g/mol. The van der Waals surface area contributed by atoms with E-state index in [-0.39, 0.29) is 0 Å². The number of hydrogen-bond acceptors (Lipinski definition) is 3. The number of nitrogens with one attached hydrogen (secondary N) is 2. The SMILES string of the molecule is C=C(Nc1ccc2[nH]ccc2c1)c1cc(-c2ccc(Cl)cc2)on1. The van der Waals surface area contributed by atoms with Gasteiger partial charge in [0.1, 0.15) is 5.69 Å². The first kappa shape index (κ1) is 14.6. The maximum atomic E-state index is 5.91. The maximum absolute atomic E-state index is 5.91. The van der Waals surface area contributed by atoms with Crippen LogP contribution in [0.15, 0.2) is 71.9 Å². The van der Waals surface area contributed by atoms with Crippen LogP contribution in [0.2, 0.25) is 5.02 Å². The number of aromatic nitrogens is 2. The summed E-state index contributed by atoms with van der Waals surface area (Å²) >= 11 is 5.91. The lowest BCUT2D eigenvalue weighted by molar-refractivity contribution is 0.430. The van der Waals surface area contributed by atoms with Crippen LogP contribution in [0, 0.1) is 0 Å². The van der Waals surface area contributed by atoms with Gasteiger partial charge in [-0.05, 0) is 48.5 Å². The van der Waals surface area contributed by atoms with Crippen LogP contribution >= 0.6 is 11.6 Å². The zero-order valence-electron chi connectivity index (χ0n) is 12.7. The number of nitrogens with zero attached hydrogens (tertiary/aromatic N) is 1. The molecule has 118 valence electrons. The molecule has 0 aliphatic carbocycles. The third kappa shape index (κ3) is 2.79. The highest BCUT2D eigenvalue weighted by Gasteiger charge is 2.10. The van der Waals surface area contributed by atoms with Crippen LogP contribution in [0.3, 0.4) is 0 Å². The van der Waals surface area contributed by atoms with Gasteiger partial charge in [-0.15, -0.1) is 0 Å². The Morgan fingerprint density at radius 3 is 2.75 bits per heavy atom. The number of H-pyrrole nitrogens is 1. The Labute approximate surface area is 143 Å². The molecule has 2 aromatic heterocycles. The zero-order valence-corrected chi connectivity index (χ0v) is 13.5. The van der Waals surface area contributed by atoms with Crippen LogP contribution in [0.25, 0.3) is 27.9 Å². The van der Waals surface area contributed by atoms with Crippen LogP contribution in [-0.4, -0.2) is 10.1 Å². The summed E-state index contributed by atoms with van der Waals surface area (Å²) in [6.07, 6.45) is 1.92. The Morgan fingerprint density at radius 1 is 1.08 bits per heavy atom. The minimum absolute atomic E-state index is 0.661. The van der Waals surface area contributed by atoms with Crippen molar-refractivity contribution in [1.29, 1.82) is 0 Å². The molecule has 4 aromatic rings. The summed E-state index contributed by atoms with van der Waals surface area (Å²) < 4.78 is 5.41. The fourth-order valence-electron chi connectivity index (χ4n) is 2.54. The summed E-state index contributed by atoms with van der Waals surface area (Å²) in [4.78, 5) is 3.17. The summed E-state index contributed by atoms with van der Waals surface area (Å²) in [6.45, 7) is 4.05. The Kier molecular flexibility index (Phi) is 3.59. The average molecular weight is 336 g/mol. The van der Waals surface area contributed by atoms with Crippen LogP contribution in [0.5, 0.6) is 0 Å². The van der Waals surface area contributed by atoms with Gasteiger partial charge in [-0.25, -0.2) is 0 Å². The van der Waals surface area contributed by atoms with Crippen molar-refractivity contribution in [1.82, 2.24) is 10.1 Å². The minimum atomic E-state index is 0.661. The van der Waals surface area contributed by atoms with E-state index < -0.39 is 0 Å². The van der Waals surface area contributed by atoms with Gasteiger partial charge in [-0.1, -0.05) is 23.3 Å². The largest absolute Gasteiger partial charge is 0.361 e. The van der Waals surface area contributed by atoms with Crippen LogP contribution in [0.4, 0.5) is 5.69 Å². The second kappa shape index (κ2) is 5.91. The molecular weight excluding hydrogens is 322 g/mol. The number of hydrogen-bond donors (Lipinski definition) is 2. The van der Waals surface area contributed by atoms with E-state index in [1.807, 2.05) is 54.7 Å². The lowest BCUT2D eigenvalue weighted by atomic mass is 10.1. The number of aromatic amines is 1. The Hall–Kier alpha value is -2.98. The smallest absolute Gasteiger partial charge is 0.167 e. The van der Waals surface area contributed by atoms with Gasteiger partial charge in [0.2, 0.25) is 0 Å². The normalized spacial score (nSPS) is 10.9. The Balaban J connectivity index is 1.55. The molecule has 0 atom stereocenters. The molecule has 4 rings (SSSR count). The van der Waals surface area contributed by atoms with E-state index in [2.05, 4.69) is 28.1 Å². The quantitative estimate of drug-likeness (QED) is 0.513. The first-order valence-corrected chi connectivity index (χ1v) is 7.83. The predicted octanol–water partition coefficient (Wildman–Crippen LogP) is 5.56. The van der Waals surface area contributed by atoms with Crippen molar-refractivity contribution < 1.29 is 4.52 Å². The maximum Gasteiger partial charge on any atom is 0.167 e. The van der Waals surface area contributed by atoms with Gasteiger partial charge in [0.15, 0.2) is 5.76 Å². The molecule has 2 aromatic carbocycles. The van der Waals surface area contributed by atoms with Gasteiger partial charge in [-0.2, -0.15) is 0 Å². The highest BCUT2D eigenvalue weighted by molar-refractivity contribution is 6.30. The number of rotatable bonds is 4. The van der Waals surface area contributed by atoms with Crippen molar-refractivity contribution in [3.05, 3.63) is 78.1 Å². The summed E-state index contributed by atoms with van der Waals surface area (Å²) in [5.41, 5.74) is 4.29. The summed E-state index contributed by atoms with van der Waals surface area (Å²) in [5.74, 6) is 0.672. The first-order valence-electron chi connectivity index (χ1n) is 7.45. The molecule has 4 nitrogen and oxygen atoms in total. The number of halogens is 1. The van der Waals surface area contributed by atoms with Crippen molar-refractivity contribution in [2.24, 2.45) is 0 Å². The molecule has 5 heteroatoms. The molecule has 24 heavy (non-hydrogen) atoms. The molecule has 0 aliphatic rings. The molecule has 0 saturated heterocycles. The fraction of sp³-hybridized carbons (Fsp3) is 0. The second-order valence-corrected chi connectivity index (χ2v) is 5.90. The van der Waals surface area contributed by atoms with E-state index in [4.69, 9.17) is 16.1 Å². The van der Waals surface area contributed by atoms with Crippen molar-refractivity contribution in [2.75, 3.05) is 5.32 Å². The molecule has 0 spiro atoms. The number of fused-ring (bicyclic) bond motifs is 1. The van der Waals surface area contributed by atoms with Crippen LogP contribution in [-0.2, 0) is 0 Å². The van der Waals surface area contributed by atoms with Gasteiger partial charge < -0.3 is 14.8 Å². The summed E-state index contributed by atoms with van der Waals surface area (Å²) in [5, 5.41) is 9.17. The van der Waals surface area contributed by atoms with E-state index >= 15 is 0 Å². The molecule has 2 N–H and O–H groups in total. The van der Waals surface area contributed by atoms with Gasteiger partial charge in [-0.3, -0.25) is 0 Å². The van der Waals surface area contributed by atoms with E-state index in [1.165, 1.54) is 0 Å². The van der Waals surface area contributed by atoms with E-state index in [0.29, 0.717) is 22.2 Å². The van der Waals surface area contributed by atoms with Gasteiger partial charge >= 0.3 is 0 Å². The molecule has 0 fully saturated rings. The fourth-order valence-corrected chi connectivity index (χ4v) is 2.66. The number of anilines is 1. The lowest BCUT2D eigenvalue weighted by Crippen LogP contribution is -1.97. The molecule has 2 heterocycles. The van der Waals surface area contributed by atoms with E-state index in [0.717, 1.165) is 22.2 Å². The Morgan fingerprint density at radius 2 is 1.92 bits per heavy atom. The van der Waals surface area contributed by atoms with Crippen LogP contribution in [0.1, 0.15) is 5.69 Å². The zero-order chi connectivity index (χ0) is 16.5. The first-order chi connectivity index (χ1) is 11.7. The molecule has 0 saturated carbocycles. The van der Waals surface area contributed by atoms with Crippen molar-refractivity contribution in [3.8, 4) is 11.3 Å². The van der Waals surface area contributed by atoms with E-state index in [1.54, 1.807) is 0 Å². The third-order valence-electron chi connectivity index (χ3n) is 3.80. The van der Waals surface area contributed by atoms with Crippen molar-refractivity contribution in [3.63, 3.8) is 0 Å². The highest BCUT2D eigenvalue weighted by atomic mass is 35.5. The molecule has 0 aliphatic heterocycles. The van der Waals surface area contributed by atoms with Crippen LogP contribution < -0.4 is 5.32 Å². The van der Waals surface area contributed by atoms with Crippen molar-refractivity contribution >= 4 is 33.9 Å². The third-order valence-corrected chi connectivity index (χ3v) is 4.05. The van der Waals surface area contributed by atoms with Gasteiger partial charge in [0, 0.05) is 39.4 Å². The topological polar surface area (TPSA) is 53.9 Å². The summed E-state index contributed by atoms with van der Waals surface area (Å²) in [6, 6.07) is 17.4. The molecule has 0 amide bonds. The highest BCUT2D eigenvalue weighted by Crippen LogP contribution is 2.26. The van der Waals surface area contributed by atoms with Crippen molar-refractivity contribution in [2.45, 2.75) is 0 Å². The van der Waals surface area contributed by atoms with E-state index in [9.17, 15) is 0 Å². The average Bonchev–Trinajstić information content (AvgIpc) is 3.24.